The number of rotatable bonds is 5. The smallest absolute Gasteiger partial charge is 0.258 e. The van der Waals surface area contributed by atoms with Crippen LogP contribution in [0.1, 0.15) is 0 Å². The second kappa shape index (κ2) is 7.37. The van der Waals surface area contributed by atoms with Crippen molar-refractivity contribution in [2.45, 2.75) is 10.2 Å². The van der Waals surface area contributed by atoms with Gasteiger partial charge in [-0.1, -0.05) is 30.3 Å². The molecule has 0 saturated heterocycles. The van der Waals surface area contributed by atoms with Crippen molar-refractivity contribution in [3.8, 4) is 17.1 Å². The number of hydrogen-bond donors (Lipinski definition) is 1. The minimum atomic E-state index is -0.447. The molecule has 11 heteroatoms. The monoisotopic (exact) mass is 416 g/mol. The van der Waals surface area contributed by atoms with Crippen molar-refractivity contribution in [2.24, 2.45) is 0 Å². The summed E-state index contributed by atoms with van der Waals surface area (Å²) in [6.07, 6.45) is 3.18. The number of para-hydroxylation sites is 1. The van der Waals surface area contributed by atoms with Crippen LogP contribution < -0.4 is 0 Å². The zero-order chi connectivity index (χ0) is 20.5. The number of non-ortho nitro benzene ring substituents is 1. The number of nitrogens with one attached hydrogen (secondary N) is 1. The van der Waals surface area contributed by atoms with Gasteiger partial charge in [-0.2, -0.15) is 5.10 Å². The van der Waals surface area contributed by atoms with Crippen LogP contribution >= 0.6 is 11.8 Å². The predicted molar refractivity (Wildman–Crippen MR) is 109 cm³/mol. The Bertz CT molecular complexity index is 1370. The van der Waals surface area contributed by atoms with Gasteiger partial charge in [0, 0.05) is 17.7 Å². The van der Waals surface area contributed by atoms with E-state index in [0.717, 1.165) is 11.1 Å². The number of aromatic nitrogens is 7. The fourth-order valence-electron chi connectivity index (χ4n) is 2.94. The topological polar surface area (TPSA) is 128 Å². The van der Waals surface area contributed by atoms with Gasteiger partial charge in [0.15, 0.2) is 11.5 Å². The van der Waals surface area contributed by atoms with Crippen LogP contribution in [-0.2, 0) is 0 Å². The number of benzene rings is 2. The first-order valence-electron chi connectivity index (χ1n) is 8.78. The third-order valence-electron chi connectivity index (χ3n) is 4.31. The standard InChI is InChI=1S/C19H12N8O2S/c28-27(29)14-8-4-5-12(9-14)16-23-19(25-24-16)30-18-15-10-22-26(17(15)20-11-21-18)13-6-2-1-3-7-13/h1-11H,(H,23,24,25). The van der Waals surface area contributed by atoms with E-state index in [1.165, 1.54) is 30.2 Å². The van der Waals surface area contributed by atoms with Crippen LogP contribution in [0.2, 0.25) is 0 Å². The zero-order valence-corrected chi connectivity index (χ0v) is 16.0. The van der Waals surface area contributed by atoms with Crippen molar-refractivity contribution in [3.05, 3.63) is 77.2 Å². The molecule has 0 amide bonds. The first-order valence-corrected chi connectivity index (χ1v) is 9.60. The lowest BCUT2D eigenvalue weighted by molar-refractivity contribution is -0.384. The molecule has 5 rings (SSSR count). The number of aromatic amines is 1. The summed E-state index contributed by atoms with van der Waals surface area (Å²) in [6.45, 7) is 0. The molecule has 0 fully saturated rings. The molecule has 0 spiro atoms. The van der Waals surface area contributed by atoms with E-state index in [-0.39, 0.29) is 5.69 Å². The molecule has 0 bridgehead atoms. The average Bonchev–Trinajstić information content (AvgIpc) is 3.42. The van der Waals surface area contributed by atoms with E-state index in [2.05, 4.69) is 30.2 Å². The van der Waals surface area contributed by atoms with E-state index >= 15 is 0 Å². The molecule has 0 unspecified atom stereocenters. The summed E-state index contributed by atoms with van der Waals surface area (Å²) >= 11 is 1.26. The first-order chi connectivity index (χ1) is 14.7. The van der Waals surface area contributed by atoms with E-state index < -0.39 is 4.92 Å². The van der Waals surface area contributed by atoms with Crippen LogP contribution in [0.5, 0.6) is 0 Å². The Labute approximate surface area is 173 Å². The number of fused-ring (bicyclic) bond motifs is 1. The van der Waals surface area contributed by atoms with Gasteiger partial charge < -0.3 is 0 Å². The quantitative estimate of drug-likeness (QED) is 0.261. The molecule has 3 heterocycles. The molecule has 0 saturated carbocycles. The summed E-state index contributed by atoms with van der Waals surface area (Å²) < 4.78 is 1.74. The van der Waals surface area contributed by atoms with Gasteiger partial charge in [-0.3, -0.25) is 15.2 Å². The highest BCUT2D eigenvalue weighted by atomic mass is 32.2. The molecular weight excluding hydrogens is 404 g/mol. The normalized spacial score (nSPS) is 11.1. The largest absolute Gasteiger partial charge is 0.270 e. The minimum absolute atomic E-state index is 0.0102. The Hall–Kier alpha value is -4.12. The van der Waals surface area contributed by atoms with Gasteiger partial charge in [-0.15, -0.1) is 5.10 Å². The average molecular weight is 416 g/mol. The summed E-state index contributed by atoms with van der Waals surface area (Å²) in [4.78, 5) is 23.7. The molecule has 0 radical (unpaired) electrons. The molecule has 3 aromatic heterocycles. The fraction of sp³-hybridized carbons (Fsp3) is 0. The Morgan fingerprint density at radius 2 is 1.93 bits per heavy atom. The summed E-state index contributed by atoms with van der Waals surface area (Å²) in [5.41, 5.74) is 2.14. The van der Waals surface area contributed by atoms with Crippen LogP contribution in [0.3, 0.4) is 0 Å². The third kappa shape index (κ3) is 3.26. The Morgan fingerprint density at radius 1 is 1.07 bits per heavy atom. The Balaban J connectivity index is 1.47. The number of H-pyrrole nitrogens is 1. The van der Waals surface area contributed by atoms with E-state index in [1.807, 2.05) is 30.3 Å². The summed E-state index contributed by atoms with van der Waals surface area (Å²) in [5, 5.41) is 24.3. The van der Waals surface area contributed by atoms with Crippen molar-refractivity contribution >= 4 is 28.5 Å². The number of nitrogens with zero attached hydrogens (tertiary/aromatic N) is 7. The van der Waals surface area contributed by atoms with Gasteiger partial charge in [-0.05, 0) is 23.9 Å². The van der Waals surface area contributed by atoms with Crippen molar-refractivity contribution in [1.82, 2.24) is 34.9 Å². The van der Waals surface area contributed by atoms with Crippen molar-refractivity contribution in [1.29, 1.82) is 0 Å². The Morgan fingerprint density at radius 3 is 2.77 bits per heavy atom. The maximum Gasteiger partial charge on any atom is 0.270 e. The first kappa shape index (κ1) is 17.9. The molecule has 0 aliphatic carbocycles. The zero-order valence-electron chi connectivity index (χ0n) is 15.2. The molecule has 0 aliphatic rings. The van der Waals surface area contributed by atoms with E-state index in [4.69, 9.17) is 0 Å². The van der Waals surface area contributed by atoms with E-state index in [1.54, 1.807) is 23.0 Å². The van der Waals surface area contributed by atoms with Crippen LogP contribution in [-0.4, -0.2) is 39.9 Å². The maximum atomic E-state index is 11.0. The lowest BCUT2D eigenvalue weighted by atomic mass is 10.2. The van der Waals surface area contributed by atoms with Gasteiger partial charge in [-0.25, -0.2) is 19.6 Å². The van der Waals surface area contributed by atoms with Gasteiger partial charge in [0.25, 0.3) is 5.69 Å². The van der Waals surface area contributed by atoms with E-state index in [9.17, 15) is 10.1 Å². The fourth-order valence-corrected chi connectivity index (χ4v) is 3.69. The highest BCUT2D eigenvalue weighted by molar-refractivity contribution is 7.99. The SMILES string of the molecule is O=[N+]([O-])c1cccc(-c2nc(Sc3ncnc4c3cnn4-c3ccccc3)n[nH]2)c1. The van der Waals surface area contributed by atoms with Crippen molar-refractivity contribution in [3.63, 3.8) is 0 Å². The molecule has 0 aliphatic heterocycles. The maximum absolute atomic E-state index is 11.0. The van der Waals surface area contributed by atoms with Gasteiger partial charge in [0.2, 0.25) is 5.16 Å². The van der Waals surface area contributed by atoms with Crippen LogP contribution in [0, 0.1) is 10.1 Å². The van der Waals surface area contributed by atoms with E-state index in [0.29, 0.717) is 27.2 Å². The molecule has 10 nitrogen and oxygen atoms in total. The second-order valence-corrected chi connectivity index (χ2v) is 7.14. The molecule has 30 heavy (non-hydrogen) atoms. The lowest BCUT2D eigenvalue weighted by Crippen LogP contribution is -1.97. The minimum Gasteiger partial charge on any atom is -0.258 e. The van der Waals surface area contributed by atoms with Crippen LogP contribution in [0.25, 0.3) is 28.1 Å². The number of nitro groups is 1. The van der Waals surface area contributed by atoms with Crippen molar-refractivity contribution < 1.29 is 4.92 Å². The highest BCUT2D eigenvalue weighted by Gasteiger charge is 2.15. The molecule has 146 valence electrons. The molecule has 2 aromatic carbocycles. The Kier molecular flexibility index (Phi) is 4.41. The predicted octanol–water partition coefficient (Wildman–Crippen LogP) is 3.66. The highest BCUT2D eigenvalue weighted by Crippen LogP contribution is 2.31. The number of nitro benzene ring substituents is 1. The summed E-state index contributed by atoms with van der Waals surface area (Å²) in [6, 6.07) is 15.9. The second-order valence-electron chi connectivity index (χ2n) is 6.18. The van der Waals surface area contributed by atoms with Crippen LogP contribution in [0.4, 0.5) is 5.69 Å². The summed E-state index contributed by atoms with van der Waals surface area (Å²) in [5.74, 6) is 0.437. The third-order valence-corrected chi connectivity index (χ3v) is 5.20. The molecule has 1 N–H and O–H groups in total. The molecular formula is C19H12N8O2S. The molecule has 0 atom stereocenters. The van der Waals surface area contributed by atoms with Crippen LogP contribution in [0.15, 0.2) is 77.3 Å². The molecule has 5 aromatic rings. The van der Waals surface area contributed by atoms with Gasteiger partial charge in [0.05, 0.1) is 22.2 Å². The van der Waals surface area contributed by atoms with Crippen molar-refractivity contribution in [2.75, 3.05) is 0 Å². The number of hydrogen-bond acceptors (Lipinski definition) is 8. The summed E-state index contributed by atoms with van der Waals surface area (Å²) in [7, 11) is 0. The van der Waals surface area contributed by atoms with Gasteiger partial charge in [0.1, 0.15) is 11.4 Å². The lowest BCUT2D eigenvalue weighted by Gasteiger charge is -2.02. The van der Waals surface area contributed by atoms with Gasteiger partial charge >= 0.3 is 0 Å².